The van der Waals surface area contributed by atoms with Gasteiger partial charge in [-0.3, -0.25) is 4.98 Å². The zero-order chi connectivity index (χ0) is 16.1. The lowest BCUT2D eigenvalue weighted by Gasteiger charge is -2.13. The Kier molecular flexibility index (Phi) is 4.47. The van der Waals surface area contributed by atoms with Crippen LogP contribution in [-0.4, -0.2) is 21.6 Å². The van der Waals surface area contributed by atoms with Gasteiger partial charge >= 0.3 is 0 Å². The van der Waals surface area contributed by atoms with Crippen molar-refractivity contribution in [2.24, 2.45) is 0 Å². The number of hydrogen-bond acceptors (Lipinski definition) is 5. The maximum atomic E-state index is 5.73. The lowest BCUT2D eigenvalue weighted by molar-refractivity contribution is 0.341. The van der Waals surface area contributed by atoms with Crippen LogP contribution < -0.4 is 10.1 Å². The molecule has 0 aliphatic heterocycles. The Morgan fingerprint density at radius 2 is 1.91 bits per heavy atom. The van der Waals surface area contributed by atoms with E-state index in [0.717, 1.165) is 22.6 Å². The average molecular weight is 306 g/mol. The molecule has 3 rings (SSSR count). The van der Waals surface area contributed by atoms with Crippen molar-refractivity contribution in [1.82, 2.24) is 15.0 Å². The minimum Gasteiger partial charge on any atom is -0.490 e. The van der Waals surface area contributed by atoms with Crippen molar-refractivity contribution in [3.8, 4) is 16.9 Å². The summed E-state index contributed by atoms with van der Waals surface area (Å²) in [6.45, 7) is 4.47. The van der Waals surface area contributed by atoms with Crippen LogP contribution >= 0.6 is 0 Å². The van der Waals surface area contributed by atoms with E-state index in [4.69, 9.17) is 4.74 Å². The summed E-state index contributed by atoms with van der Waals surface area (Å²) in [5, 5.41) is 3.22. The van der Waals surface area contributed by atoms with Gasteiger partial charge in [0.25, 0.3) is 0 Å². The topological polar surface area (TPSA) is 59.9 Å². The van der Waals surface area contributed by atoms with Crippen LogP contribution in [0.1, 0.15) is 12.6 Å². The molecule has 0 saturated carbocycles. The van der Waals surface area contributed by atoms with Crippen molar-refractivity contribution >= 4 is 11.6 Å². The molecule has 0 aliphatic carbocycles. The number of pyridine rings is 3. The summed E-state index contributed by atoms with van der Waals surface area (Å²) in [7, 11) is 0. The Morgan fingerprint density at radius 1 is 1.09 bits per heavy atom. The molecule has 0 aliphatic rings. The molecule has 23 heavy (non-hydrogen) atoms. The molecule has 0 bridgehead atoms. The molecule has 116 valence electrons. The number of rotatable bonds is 5. The maximum Gasteiger partial charge on any atom is 0.174 e. The van der Waals surface area contributed by atoms with Crippen LogP contribution in [-0.2, 0) is 0 Å². The normalized spacial score (nSPS) is 10.3. The second kappa shape index (κ2) is 6.87. The van der Waals surface area contributed by atoms with Crippen LogP contribution in [0.2, 0.25) is 0 Å². The van der Waals surface area contributed by atoms with Crippen LogP contribution in [0.15, 0.2) is 55.0 Å². The second-order valence-corrected chi connectivity index (χ2v) is 5.03. The fourth-order valence-electron chi connectivity index (χ4n) is 2.24. The minimum absolute atomic E-state index is 0.567. The molecule has 0 aromatic carbocycles. The molecule has 5 nitrogen and oxygen atoms in total. The van der Waals surface area contributed by atoms with Gasteiger partial charge in [0.05, 0.1) is 6.61 Å². The molecule has 0 radical (unpaired) electrons. The predicted octanol–water partition coefficient (Wildman–Crippen LogP) is 3.99. The summed E-state index contributed by atoms with van der Waals surface area (Å²) in [5.41, 5.74) is 2.98. The standard InChI is InChI=1S/C18H18N4O/c1-3-23-16-11-15(14-7-9-19-10-8-14)12-20-18(16)22-17-6-4-5-13(2)21-17/h4-12H,3H2,1-2H3,(H,20,21,22). The average Bonchev–Trinajstić information content (AvgIpc) is 2.57. The third-order valence-corrected chi connectivity index (χ3v) is 3.30. The Morgan fingerprint density at radius 3 is 2.65 bits per heavy atom. The van der Waals surface area contributed by atoms with Gasteiger partial charge in [-0.2, -0.15) is 0 Å². The molecule has 0 spiro atoms. The molecule has 0 atom stereocenters. The molecular weight excluding hydrogens is 288 g/mol. The van der Waals surface area contributed by atoms with Crippen molar-refractivity contribution in [2.45, 2.75) is 13.8 Å². The monoisotopic (exact) mass is 306 g/mol. The van der Waals surface area contributed by atoms with Crippen molar-refractivity contribution in [3.63, 3.8) is 0 Å². The third kappa shape index (κ3) is 3.63. The van der Waals surface area contributed by atoms with Gasteiger partial charge < -0.3 is 10.1 Å². The lowest BCUT2D eigenvalue weighted by atomic mass is 10.1. The third-order valence-electron chi connectivity index (χ3n) is 3.30. The van der Waals surface area contributed by atoms with E-state index in [9.17, 15) is 0 Å². The Hall–Kier alpha value is -2.95. The molecule has 5 heteroatoms. The van der Waals surface area contributed by atoms with Crippen molar-refractivity contribution in [3.05, 3.63) is 60.7 Å². The van der Waals surface area contributed by atoms with E-state index in [1.54, 1.807) is 12.4 Å². The molecule has 1 N–H and O–H groups in total. The first-order valence-electron chi connectivity index (χ1n) is 7.50. The van der Waals surface area contributed by atoms with Gasteiger partial charge in [-0.05, 0) is 49.7 Å². The number of nitrogens with zero attached hydrogens (tertiary/aromatic N) is 3. The van der Waals surface area contributed by atoms with E-state index in [1.165, 1.54) is 0 Å². The van der Waals surface area contributed by atoms with Crippen LogP contribution in [0.3, 0.4) is 0 Å². The van der Waals surface area contributed by atoms with Crippen molar-refractivity contribution < 1.29 is 4.74 Å². The van der Waals surface area contributed by atoms with Gasteiger partial charge in [-0.15, -0.1) is 0 Å². The van der Waals surface area contributed by atoms with E-state index < -0.39 is 0 Å². The van der Waals surface area contributed by atoms with Crippen molar-refractivity contribution in [1.29, 1.82) is 0 Å². The predicted molar refractivity (Wildman–Crippen MR) is 90.9 cm³/mol. The van der Waals surface area contributed by atoms with Crippen LogP contribution in [0.5, 0.6) is 5.75 Å². The number of aromatic nitrogens is 3. The highest BCUT2D eigenvalue weighted by Gasteiger charge is 2.09. The molecule has 3 aromatic heterocycles. The second-order valence-electron chi connectivity index (χ2n) is 5.03. The largest absolute Gasteiger partial charge is 0.490 e. The zero-order valence-electron chi connectivity index (χ0n) is 13.2. The minimum atomic E-state index is 0.567. The molecule has 0 unspecified atom stereocenters. The fraction of sp³-hybridized carbons (Fsp3) is 0.167. The molecule has 3 aromatic rings. The quantitative estimate of drug-likeness (QED) is 0.772. The lowest BCUT2D eigenvalue weighted by Crippen LogP contribution is -2.02. The fourth-order valence-corrected chi connectivity index (χ4v) is 2.24. The maximum absolute atomic E-state index is 5.73. The van der Waals surface area contributed by atoms with Crippen LogP contribution in [0, 0.1) is 6.92 Å². The van der Waals surface area contributed by atoms with Gasteiger partial charge in [0.15, 0.2) is 11.6 Å². The van der Waals surface area contributed by atoms with E-state index >= 15 is 0 Å². The van der Waals surface area contributed by atoms with E-state index in [1.807, 2.05) is 56.4 Å². The Labute approximate surface area is 135 Å². The highest BCUT2D eigenvalue weighted by atomic mass is 16.5. The highest BCUT2D eigenvalue weighted by Crippen LogP contribution is 2.30. The summed E-state index contributed by atoms with van der Waals surface area (Å²) in [6, 6.07) is 11.7. The van der Waals surface area contributed by atoms with Gasteiger partial charge in [-0.25, -0.2) is 9.97 Å². The highest BCUT2D eigenvalue weighted by molar-refractivity contribution is 5.69. The van der Waals surface area contributed by atoms with E-state index in [0.29, 0.717) is 18.2 Å². The van der Waals surface area contributed by atoms with E-state index in [2.05, 4.69) is 20.3 Å². The van der Waals surface area contributed by atoms with Gasteiger partial charge in [0.2, 0.25) is 0 Å². The molecule has 0 fully saturated rings. The summed E-state index contributed by atoms with van der Waals surface area (Å²) in [5.74, 6) is 2.10. The first-order valence-corrected chi connectivity index (χ1v) is 7.50. The first kappa shape index (κ1) is 15.0. The molecule has 0 amide bonds. The summed E-state index contributed by atoms with van der Waals surface area (Å²) < 4.78 is 5.73. The molecule has 0 saturated heterocycles. The van der Waals surface area contributed by atoms with E-state index in [-0.39, 0.29) is 0 Å². The first-order chi connectivity index (χ1) is 11.3. The van der Waals surface area contributed by atoms with Gasteiger partial charge in [-0.1, -0.05) is 6.07 Å². The Bertz CT molecular complexity index is 790. The molecular formula is C18H18N4O. The summed E-state index contributed by atoms with van der Waals surface area (Å²) >= 11 is 0. The van der Waals surface area contributed by atoms with Gasteiger partial charge in [0.1, 0.15) is 5.82 Å². The smallest absolute Gasteiger partial charge is 0.174 e. The number of ether oxygens (including phenoxy) is 1. The number of nitrogens with one attached hydrogen (secondary N) is 1. The van der Waals surface area contributed by atoms with Crippen molar-refractivity contribution in [2.75, 3.05) is 11.9 Å². The number of aryl methyl sites for hydroxylation is 1. The zero-order valence-corrected chi connectivity index (χ0v) is 13.2. The Balaban J connectivity index is 1.94. The molecule has 3 heterocycles. The summed E-state index contributed by atoms with van der Waals surface area (Å²) in [4.78, 5) is 13.0. The number of anilines is 2. The van der Waals surface area contributed by atoms with Crippen LogP contribution in [0.4, 0.5) is 11.6 Å². The van der Waals surface area contributed by atoms with Gasteiger partial charge in [0, 0.05) is 29.8 Å². The SMILES string of the molecule is CCOc1cc(-c2ccncc2)cnc1Nc1cccc(C)n1. The summed E-state index contributed by atoms with van der Waals surface area (Å²) in [6.07, 6.45) is 5.34. The van der Waals surface area contributed by atoms with Crippen LogP contribution in [0.25, 0.3) is 11.1 Å². The number of hydrogen-bond donors (Lipinski definition) is 1.